The zero-order chi connectivity index (χ0) is 10.1. The molecule has 1 aliphatic rings. The smallest absolute Gasteiger partial charge is 0.169 e. The Bertz CT molecular complexity index is 248. The van der Waals surface area contributed by atoms with Gasteiger partial charge in [0.1, 0.15) is 0 Å². The van der Waals surface area contributed by atoms with Crippen LogP contribution in [0.1, 0.15) is 13.8 Å². The summed E-state index contributed by atoms with van der Waals surface area (Å²) >= 11 is 0. The average Bonchev–Trinajstić information content (AvgIpc) is 2.29. The third-order valence-corrected chi connectivity index (χ3v) is 7.83. The normalized spacial score (nSPS) is 23.9. The minimum atomic E-state index is -1.27. The molecule has 0 aromatic heterocycles. The minimum absolute atomic E-state index is 0.379. The summed E-state index contributed by atoms with van der Waals surface area (Å²) in [5.41, 5.74) is 3.65. The van der Waals surface area contributed by atoms with Gasteiger partial charge in [-0.2, -0.15) is 0 Å². The molecule has 0 heterocycles. The minimum Gasteiger partial charge on any atom is -0.460 e. The van der Waals surface area contributed by atoms with Gasteiger partial charge in [-0.15, -0.1) is 0 Å². The Morgan fingerprint density at radius 2 is 1.92 bits per heavy atom. The Morgan fingerprint density at radius 3 is 2.31 bits per heavy atom. The highest BCUT2D eigenvalue weighted by atomic mass is 28.4. The van der Waals surface area contributed by atoms with Crippen molar-refractivity contribution in [3.8, 4) is 0 Å². The van der Waals surface area contributed by atoms with Crippen LogP contribution in [-0.4, -0.2) is 18.1 Å². The zero-order valence-corrected chi connectivity index (χ0v) is 11.8. The van der Waals surface area contributed by atoms with Crippen molar-refractivity contribution in [2.75, 3.05) is 0 Å². The predicted octanol–water partition coefficient (Wildman–Crippen LogP) is 2.62. The quantitative estimate of drug-likeness (QED) is 0.654. The standard InChI is InChI=1S/C10H20OSi2/c1-8-6-7-10(9(8)2)12-11-13(3,4)5/h6-7,10H,12H2,1-5H3. The van der Waals surface area contributed by atoms with Crippen LogP contribution in [0.25, 0.3) is 0 Å². The van der Waals surface area contributed by atoms with Crippen molar-refractivity contribution in [2.45, 2.75) is 39.0 Å². The molecule has 0 saturated heterocycles. The van der Waals surface area contributed by atoms with Crippen LogP contribution < -0.4 is 0 Å². The topological polar surface area (TPSA) is 9.23 Å². The highest BCUT2D eigenvalue weighted by Crippen LogP contribution is 2.29. The van der Waals surface area contributed by atoms with E-state index in [9.17, 15) is 0 Å². The lowest BCUT2D eigenvalue weighted by Crippen LogP contribution is -2.28. The Morgan fingerprint density at radius 1 is 1.31 bits per heavy atom. The molecule has 0 bridgehead atoms. The van der Waals surface area contributed by atoms with Crippen molar-refractivity contribution in [2.24, 2.45) is 0 Å². The van der Waals surface area contributed by atoms with Crippen molar-refractivity contribution in [3.05, 3.63) is 23.3 Å². The molecule has 1 aliphatic carbocycles. The van der Waals surface area contributed by atoms with Gasteiger partial charge in [0.15, 0.2) is 18.1 Å². The van der Waals surface area contributed by atoms with Crippen LogP contribution in [0, 0.1) is 0 Å². The molecule has 74 valence electrons. The van der Waals surface area contributed by atoms with E-state index >= 15 is 0 Å². The second kappa shape index (κ2) is 3.94. The van der Waals surface area contributed by atoms with Gasteiger partial charge < -0.3 is 4.12 Å². The van der Waals surface area contributed by atoms with Crippen LogP contribution in [0.4, 0.5) is 0 Å². The van der Waals surface area contributed by atoms with E-state index in [1.54, 1.807) is 0 Å². The molecule has 0 fully saturated rings. The molecular weight excluding hydrogens is 192 g/mol. The van der Waals surface area contributed by atoms with Crippen molar-refractivity contribution in [3.63, 3.8) is 0 Å². The molecular formula is C10H20OSi2. The SMILES string of the molecule is CC1=C(C)C([SiH2]O[Si](C)(C)C)C=C1. The molecule has 3 heteroatoms. The van der Waals surface area contributed by atoms with Gasteiger partial charge in [0.2, 0.25) is 0 Å². The molecule has 0 spiro atoms. The van der Waals surface area contributed by atoms with E-state index in [1.165, 1.54) is 11.1 Å². The summed E-state index contributed by atoms with van der Waals surface area (Å²) in [5.74, 6) is 0. The lowest BCUT2D eigenvalue weighted by molar-refractivity contribution is 0.591. The second-order valence-electron chi connectivity index (χ2n) is 4.76. The highest BCUT2D eigenvalue weighted by molar-refractivity contribution is 6.74. The van der Waals surface area contributed by atoms with Crippen molar-refractivity contribution >= 4 is 18.1 Å². The van der Waals surface area contributed by atoms with Crippen LogP contribution in [0.2, 0.25) is 25.2 Å². The van der Waals surface area contributed by atoms with Gasteiger partial charge in [-0.25, -0.2) is 0 Å². The van der Waals surface area contributed by atoms with Crippen molar-refractivity contribution in [1.29, 1.82) is 0 Å². The third kappa shape index (κ3) is 3.25. The monoisotopic (exact) mass is 212 g/mol. The summed E-state index contributed by atoms with van der Waals surface area (Å²) < 4.78 is 6.02. The Hall–Kier alpha value is -0.126. The Kier molecular flexibility index (Phi) is 3.32. The molecule has 1 unspecified atom stereocenters. The fraction of sp³-hybridized carbons (Fsp3) is 0.600. The summed E-state index contributed by atoms with van der Waals surface area (Å²) in [6.07, 6.45) is 4.55. The van der Waals surface area contributed by atoms with Crippen molar-refractivity contribution < 1.29 is 4.12 Å². The lowest BCUT2D eigenvalue weighted by atomic mass is 10.2. The first kappa shape index (κ1) is 11.0. The highest BCUT2D eigenvalue weighted by Gasteiger charge is 2.20. The van der Waals surface area contributed by atoms with Gasteiger partial charge in [0.05, 0.1) is 0 Å². The maximum Gasteiger partial charge on any atom is 0.169 e. The number of hydrogen-bond donors (Lipinski definition) is 0. The maximum absolute atomic E-state index is 6.02. The van der Waals surface area contributed by atoms with E-state index in [2.05, 4.69) is 45.6 Å². The summed E-state index contributed by atoms with van der Waals surface area (Å²) in [6, 6.07) is 0. The van der Waals surface area contributed by atoms with Gasteiger partial charge in [-0.05, 0) is 33.5 Å². The van der Waals surface area contributed by atoms with Gasteiger partial charge in [-0.3, -0.25) is 0 Å². The maximum atomic E-state index is 6.02. The van der Waals surface area contributed by atoms with E-state index in [-0.39, 0.29) is 9.76 Å². The Labute approximate surface area is 85.0 Å². The van der Waals surface area contributed by atoms with E-state index in [0.717, 1.165) is 0 Å². The average molecular weight is 212 g/mol. The van der Waals surface area contributed by atoms with Crippen LogP contribution in [0.15, 0.2) is 23.3 Å². The third-order valence-electron chi connectivity index (χ3n) is 2.45. The van der Waals surface area contributed by atoms with Crippen LogP contribution in [-0.2, 0) is 4.12 Å². The molecule has 13 heavy (non-hydrogen) atoms. The van der Waals surface area contributed by atoms with Crippen molar-refractivity contribution in [1.82, 2.24) is 0 Å². The molecule has 0 aromatic rings. The summed E-state index contributed by atoms with van der Waals surface area (Å²) in [6.45, 7) is 11.2. The molecule has 0 aliphatic heterocycles. The fourth-order valence-corrected chi connectivity index (χ4v) is 4.89. The van der Waals surface area contributed by atoms with E-state index in [1.807, 2.05) is 0 Å². The van der Waals surface area contributed by atoms with Gasteiger partial charge >= 0.3 is 0 Å². The summed E-state index contributed by atoms with van der Waals surface area (Å²) in [5, 5.41) is 0. The van der Waals surface area contributed by atoms with Crippen LogP contribution >= 0.6 is 0 Å². The first-order valence-corrected chi connectivity index (χ1v) is 9.70. The zero-order valence-electron chi connectivity index (χ0n) is 9.35. The first-order chi connectivity index (χ1) is 5.90. The van der Waals surface area contributed by atoms with Crippen LogP contribution in [0.3, 0.4) is 0 Å². The fourth-order valence-electron chi connectivity index (χ4n) is 1.35. The first-order valence-electron chi connectivity index (χ1n) is 4.90. The number of allylic oxidation sites excluding steroid dienone is 4. The summed E-state index contributed by atoms with van der Waals surface area (Å²) in [4.78, 5) is 0. The lowest BCUT2D eigenvalue weighted by Gasteiger charge is -2.20. The number of hydrogen-bond acceptors (Lipinski definition) is 1. The molecule has 0 aromatic carbocycles. The molecule has 1 rings (SSSR count). The molecule has 0 amide bonds. The Balaban J connectivity index is 2.45. The molecule has 0 radical (unpaired) electrons. The van der Waals surface area contributed by atoms with Gasteiger partial charge in [0.25, 0.3) is 0 Å². The largest absolute Gasteiger partial charge is 0.460 e. The van der Waals surface area contributed by atoms with E-state index in [0.29, 0.717) is 5.54 Å². The molecule has 0 N–H and O–H groups in total. The van der Waals surface area contributed by atoms with Gasteiger partial charge in [-0.1, -0.05) is 23.3 Å². The molecule has 1 nitrogen and oxygen atoms in total. The number of rotatable bonds is 3. The predicted molar refractivity (Wildman–Crippen MR) is 64.2 cm³/mol. The second-order valence-corrected chi connectivity index (χ2v) is 11.3. The van der Waals surface area contributed by atoms with E-state index in [4.69, 9.17) is 4.12 Å². The van der Waals surface area contributed by atoms with Crippen LogP contribution in [0.5, 0.6) is 0 Å². The van der Waals surface area contributed by atoms with E-state index < -0.39 is 8.32 Å². The van der Waals surface area contributed by atoms with Gasteiger partial charge in [0, 0.05) is 5.54 Å². The molecule has 1 atom stereocenters. The molecule has 0 saturated carbocycles. The summed E-state index contributed by atoms with van der Waals surface area (Å²) in [7, 11) is -1.65.